The maximum atomic E-state index is 9.49. The van der Waals surface area contributed by atoms with Crippen LogP contribution in [0, 0.1) is 4.91 Å². The van der Waals surface area contributed by atoms with Gasteiger partial charge in [-0.05, 0) is 0 Å². The van der Waals surface area contributed by atoms with Crippen LogP contribution in [0.1, 0.15) is 0 Å². The van der Waals surface area contributed by atoms with Crippen LogP contribution in [-0.4, -0.2) is 5.21 Å². The summed E-state index contributed by atoms with van der Waals surface area (Å²) in [4.78, 5) is 9.49. The predicted octanol–water partition coefficient (Wildman–Crippen LogP) is 1.07. The molecule has 6 nitrogen and oxygen atoms in total. The molecule has 0 aliphatic carbocycles. The summed E-state index contributed by atoms with van der Waals surface area (Å²) in [5, 5.41) is 10.3. The summed E-state index contributed by atoms with van der Waals surface area (Å²) < 4.78 is 7.97. The fourth-order valence-electron chi connectivity index (χ4n) is 0.244. The minimum atomic E-state index is -0.285. The van der Waals surface area contributed by atoms with Crippen LogP contribution < -0.4 is 5.48 Å². The van der Waals surface area contributed by atoms with Gasteiger partial charge in [0.1, 0.15) is 0 Å². The Balaban J connectivity index is 2.71. The Morgan fingerprint density at radius 2 is 2.38 bits per heavy atom. The van der Waals surface area contributed by atoms with Crippen LogP contribution in [0.4, 0.5) is 11.8 Å². The molecule has 6 heteroatoms. The molecule has 1 rings (SSSR count). The topological polar surface area (TPSA) is 88.0 Å². The van der Waals surface area contributed by atoms with Crippen molar-refractivity contribution in [3.63, 3.8) is 0 Å². The third-order valence-corrected chi connectivity index (χ3v) is 0.583. The number of anilines is 1. The van der Waals surface area contributed by atoms with Crippen molar-refractivity contribution in [2.24, 2.45) is 5.18 Å². The van der Waals surface area contributed by atoms with E-state index in [0.717, 1.165) is 0 Å². The molecule has 44 valence electrons. The van der Waals surface area contributed by atoms with E-state index in [0.29, 0.717) is 0 Å². The van der Waals surface area contributed by atoms with Crippen molar-refractivity contribution in [1.82, 2.24) is 0 Å². The van der Waals surface area contributed by atoms with Gasteiger partial charge in [-0.25, -0.2) is 5.48 Å². The van der Waals surface area contributed by atoms with Gasteiger partial charge in [-0.1, -0.05) is 0 Å². The summed E-state index contributed by atoms with van der Waals surface area (Å²) in [5.41, 5.74) is 1.54. The Morgan fingerprint density at radius 3 is 2.50 bits per heavy atom. The molecule has 0 fully saturated rings. The van der Waals surface area contributed by atoms with Gasteiger partial charge in [0, 0.05) is 5.18 Å². The van der Waals surface area contributed by atoms with Crippen molar-refractivity contribution in [2.75, 3.05) is 5.48 Å². The fraction of sp³-hybridized carbons (Fsp3) is 0. The van der Waals surface area contributed by atoms with Crippen molar-refractivity contribution in [1.29, 1.82) is 0 Å². The first-order valence-corrected chi connectivity index (χ1v) is 1.70. The van der Waals surface area contributed by atoms with Gasteiger partial charge in [0.05, 0.1) is 0 Å². The molecular weight excluding hydrogens is 116 g/mol. The van der Waals surface area contributed by atoms with Gasteiger partial charge in [-0.3, -0.25) is 14.4 Å². The molecule has 0 aliphatic heterocycles. The molecule has 0 aromatic carbocycles. The molecule has 1 heterocycles. The van der Waals surface area contributed by atoms with Gasteiger partial charge >= 0.3 is 11.8 Å². The Kier molecular flexibility index (Phi) is 1.01. The summed E-state index contributed by atoms with van der Waals surface area (Å²) in [6.45, 7) is 0. The molecule has 0 radical (unpaired) electrons. The number of hydrogen-bond acceptors (Lipinski definition) is 6. The summed E-state index contributed by atoms with van der Waals surface area (Å²) in [6.07, 6.45) is 0. The highest BCUT2D eigenvalue weighted by molar-refractivity contribution is 5.47. The van der Waals surface area contributed by atoms with E-state index in [1.165, 1.54) is 0 Å². The minimum Gasteiger partial charge on any atom is -0.288 e. The zero-order valence-corrected chi connectivity index (χ0v) is 3.62. The largest absolute Gasteiger partial charge is 0.375 e. The highest BCUT2D eigenvalue weighted by Gasteiger charge is 2.13. The van der Waals surface area contributed by atoms with E-state index in [-0.39, 0.29) is 11.8 Å². The lowest BCUT2D eigenvalue weighted by Gasteiger charge is -1.96. The molecule has 0 aliphatic rings. The SMILES string of the molecule is O=Nc1ooc1NO. The summed E-state index contributed by atoms with van der Waals surface area (Å²) >= 11 is 0. The second-order valence-corrected chi connectivity index (χ2v) is 1.00. The molecule has 0 saturated carbocycles. The van der Waals surface area contributed by atoms with Gasteiger partial charge in [-0.2, -0.15) is 0 Å². The van der Waals surface area contributed by atoms with Gasteiger partial charge < -0.3 is 0 Å². The normalized spacial score (nSPS) is 9.12. The minimum absolute atomic E-state index is 0.167. The molecule has 0 amide bonds. The molecule has 0 saturated heterocycles. The Bertz CT molecular complexity index is 177. The van der Waals surface area contributed by atoms with Crippen LogP contribution in [0.15, 0.2) is 14.3 Å². The van der Waals surface area contributed by atoms with Crippen LogP contribution >= 0.6 is 0 Å². The van der Waals surface area contributed by atoms with Crippen LogP contribution in [0.3, 0.4) is 0 Å². The summed E-state index contributed by atoms with van der Waals surface area (Å²) in [5.74, 6) is -0.451. The first kappa shape index (κ1) is 4.85. The van der Waals surface area contributed by atoms with Gasteiger partial charge in [0.15, 0.2) is 0 Å². The van der Waals surface area contributed by atoms with Crippen molar-refractivity contribution >= 4 is 11.8 Å². The first-order valence-electron chi connectivity index (χ1n) is 1.70. The highest BCUT2D eigenvalue weighted by atomic mass is 17.0. The van der Waals surface area contributed by atoms with Gasteiger partial charge in [-0.15, -0.1) is 4.91 Å². The zero-order valence-electron chi connectivity index (χ0n) is 3.62. The maximum Gasteiger partial charge on any atom is 0.375 e. The molecule has 1 aromatic rings. The van der Waals surface area contributed by atoms with E-state index in [9.17, 15) is 4.91 Å². The average Bonchev–Trinajstić information content (AvgIpc) is 1.66. The second kappa shape index (κ2) is 1.66. The zero-order chi connectivity index (χ0) is 5.98. The van der Waals surface area contributed by atoms with Crippen molar-refractivity contribution in [3.8, 4) is 0 Å². The van der Waals surface area contributed by atoms with Gasteiger partial charge in [0.2, 0.25) is 0 Å². The summed E-state index contributed by atoms with van der Waals surface area (Å²) in [6, 6.07) is 0. The molecule has 0 unspecified atom stereocenters. The Labute approximate surface area is 42.9 Å². The Hall–Kier alpha value is -1.30. The number of nitrogens with one attached hydrogen (secondary N) is 1. The number of rotatable bonds is 2. The molecule has 0 spiro atoms. The van der Waals surface area contributed by atoms with E-state index in [1.54, 1.807) is 5.48 Å². The quantitative estimate of drug-likeness (QED) is 0.344. The van der Waals surface area contributed by atoms with Crippen molar-refractivity contribution < 1.29 is 14.4 Å². The number of nitroso groups, excluding NO2 is 1. The van der Waals surface area contributed by atoms with E-state index >= 15 is 0 Å². The second-order valence-electron chi connectivity index (χ2n) is 1.00. The lowest BCUT2D eigenvalue weighted by molar-refractivity contribution is 0.0192. The van der Waals surface area contributed by atoms with Crippen LogP contribution in [-0.2, 0) is 0 Å². The lowest BCUT2D eigenvalue weighted by Crippen LogP contribution is -1.90. The van der Waals surface area contributed by atoms with E-state index in [1.807, 2.05) is 0 Å². The average molecular weight is 118 g/mol. The maximum absolute atomic E-state index is 9.49. The number of hydrogen-bond donors (Lipinski definition) is 2. The molecule has 8 heavy (non-hydrogen) atoms. The predicted molar refractivity (Wildman–Crippen MR) is 21.8 cm³/mol. The molecule has 0 atom stereocenters. The highest BCUT2D eigenvalue weighted by Crippen LogP contribution is 2.27. The molecular formula is C2H2N2O4. The third kappa shape index (κ3) is 0.470. The number of nitrogens with zero attached hydrogens (tertiary/aromatic N) is 1. The lowest BCUT2D eigenvalue weighted by atomic mass is 10.7. The standard InChI is InChI=1S/C2H2N2O4/c5-3-1-2(4-6)8-7-1/h3,5H. The van der Waals surface area contributed by atoms with Crippen LogP contribution in [0.2, 0.25) is 0 Å². The van der Waals surface area contributed by atoms with E-state index in [4.69, 9.17) is 5.21 Å². The van der Waals surface area contributed by atoms with Crippen molar-refractivity contribution in [2.45, 2.75) is 0 Å². The monoisotopic (exact) mass is 118 g/mol. The Morgan fingerprint density at radius 1 is 1.62 bits per heavy atom. The van der Waals surface area contributed by atoms with E-state index < -0.39 is 0 Å². The fourth-order valence-corrected chi connectivity index (χ4v) is 0.244. The van der Waals surface area contributed by atoms with Crippen molar-refractivity contribution in [3.05, 3.63) is 4.91 Å². The van der Waals surface area contributed by atoms with Crippen LogP contribution in [0.25, 0.3) is 0 Å². The first-order chi connectivity index (χ1) is 3.88. The van der Waals surface area contributed by atoms with Gasteiger partial charge in [0.25, 0.3) is 0 Å². The molecule has 2 N–H and O–H groups in total. The molecule has 0 bridgehead atoms. The smallest absolute Gasteiger partial charge is 0.288 e. The van der Waals surface area contributed by atoms with E-state index in [2.05, 4.69) is 14.3 Å². The third-order valence-electron chi connectivity index (χ3n) is 0.583. The molecule has 1 aromatic heterocycles. The van der Waals surface area contributed by atoms with Crippen LogP contribution in [0.5, 0.6) is 0 Å². The summed E-state index contributed by atoms with van der Waals surface area (Å²) in [7, 11) is 0.